The van der Waals surface area contributed by atoms with Gasteiger partial charge in [0.05, 0.1) is 6.61 Å². The molecule has 0 spiro atoms. The number of fused-ring (bicyclic) bond motifs is 1. The summed E-state index contributed by atoms with van der Waals surface area (Å²) in [4.78, 5) is 0. The predicted molar refractivity (Wildman–Crippen MR) is 68.2 cm³/mol. The van der Waals surface area contributed by atoms with E-state index < -0.39 is 0 Å². The first-order valence-electron chi connectivity index (χ1n) is 6.56. The molecule has 0 radical (unpaired) electrons. The first-order valence-corrected chi connectivity index (χ1v) is 6.56. The Morgan fingerprint density at radius 3 is 2.94 bits per heavy atom. The van der Waals surface area contributed by atoms with Crippen molar-refractivity contribution in [2.45, 2.75) is 52.9 Å². The molecule has 2 aliphatic carbocycles. The van der Waals surface area contributed by atoms with Gasteiger partial charge in [0.2, 0.25) is 0 Å². The van der Waals surface area contributed by atoms with Crippen molar-refractivity contribution in [3.8, 4) is 0 Å². The molecule has 1 fully saturated rings. The number of aliphatic hydroxyl groups excluding tert-OH is 1. The Hall–Kier alpha value is -0.560. The van der Waals surface area contributed by atoms with E-state index in [0.717, 1.165) is 5.92 Å². The van der Waals surface area contributed by atoms with Crippen molar-refractivity contribution in [1.82, 2.24) is 0 Å². The van der Waals surface area contributed by atoms with E-state index in [0.29, 0.717) is 5.41 Å². The molecule has 0 aromatic heterocycles. The molecule has 1 heteroatoms. The van der Waals surface area contributed by atoms with Gasteiger partial charge in [-0.05, 0) is 55.9 Å². The highest BCUT2D eigenvalue weighted by Gasteiger charge is 2.39. The quantitative estimate of drug-likeness (QED) is 0.666. The van der Waals surface area contributed by atoms with Crippen molar-refractivity contribution in [2.24, 2.45) is 11.3 Å². The lowest BCUT2D eigenvalue weighted by molar-refractivity contribution is 0.202. The third-order valence-electron chi connectivity index (χ3n) is 4.93. The molecular formula is C15H24O. The lowest BCUT2D eigenvalue weighted by Gasteiger charge is -2.45. The molecule has 0 aromatic carbocycles. The Kier molecular flexibility index (Phi) is 3.25. The largest absolute Gasteiger partial charge is 0.392 e. The average molecular weight is 220 g/mol. The van der Waals surface area contributed by atoms with Gasteiger partial charge >= 0.3 is 0 Å². The maximum Gasteiger partial charge on any atom is 0.0641 e. The normalized spacial score (nSPS) is 37.8. The van der Waals surface area contributed by atoms with Crippen molar-refractivity contribution in [3.63, 3.8) is 0 Å². The van der Waals surface area contributed by atoms with Gasteiger partial charge < -0.3 is 5.11 Å². The molecule has 0 amide bonds. The van der Waals surface area contributed by atoms with Crippen LogP contribution in [0.25, 0.3) is 0 Å². The van der Waals surface area contributed by atoms with Crippen molar-refractivity contribution in [3.05, 3.63) is 22.8 Å². The van der Waals surface area contributed by atoms with Gasteiger partial charge in [-0.25, -0.2) is 0 Å². The van der Waals surface area contributed by atoms with Crippen LogP contribution in [0, 0.1) is 11.3 Å². The summed E-state index contributed by atoms with van der Waals surface area (Å²) in [6, 6.07) is 0. The van der Waals surface area contributed by atoms with Crippen LogP contribution in [-0.2, 0) is 0 Å². The van der Waals surface area contributed by atoms with E-state index in [-0.39, 0.29) is 6.61 Å². The molecule has 2 rings (SSSR count). The second-order valence-corrected chi connectivity index (χ2v) is 5.84. The van der Waals surface area contributed by atoms with Crippen molar-refractivity contribution in [1.29, 1.82) is 0 Å². The average Bonchev–Trinajstić information content (AvgIpc) is 2.29. The van der Waals surface area contributed by atoms with E-state index in [4.69, 9.17) is 0 Å². The van der Waals surface area contributed by atoms with Crippen molar-refractivity contribution >= 4 is 0 Å². The molecule has 1 saturated carbocycles. The van der Waals surface area contributed by atoms with E-state index in [2.05, 4.69) is 26.8 Å². The number of hydrogen-bond donors (Lipinski definition) is 1. The van der Waals surface area contributed by atoms with Crippen LogP contribution in [0.4, 0.5) is 0 Å². The molecule has 2 atom stereocenters. The Bertz CT molecular complexity index is 337. The van der Waals surface area contributed by atoms with Crippen LogP contribution >= 0.6 is 0 Å². The maximum atomic E-state index is 9.26. The monoisotopic (exact) mass is 220 g/mol. The van der Waals surface area contributed by atoms with Gasteiger partial charge in [-0.15, -0.1) is 0 Å². The third kappa shape index (κ3) is 1.86. The fourth-order valence-electron chi connectivity index (χ4n) is 3.34. The van der Waals surface area contributed by atoms with Gasteiger partial charge in [-0.2, -0.15) is 0 Å². The molecule has 2 aliphatic rings. The first-order chi connectivity index (χ1) is 7.58. The predicted octanol–water partition coefficient (Wildman–Crippen LogP) is 3.84. The second kappa shape index (κ2) is 4.37. The van der Waals surface area contributed by atoms with Gasteiger partial charge in [0.25, 0.3) is 0 Å². The Balaban J connectivity index is 2.29. The molecule has 16 heavy (non-hydrogen) atoms. The summed E-state index contributed by atoms with van der Waals surface area (Å²) in [5, 5.41) is 9.26. The summed E-state index contributed by atoms with van der Waals surface area (Å²) in [6.07, 6.45) is 8.63. The molecule has 0 heterocycles. The number of allylic oxidation sites excluding steroid dienone is 3. The third-order valence-corrected chi connectivity index (χ3v) is 4.93. The van der Waals surface area contributed by atoms with Crippen LogP contribution in [0.1, 0.15) is 52.9 Å². The first kappa shape index (κ1) is 11.9. The van der Waals surface area contributed by atoms with Crippen LogP contribution in [0.3, 0.4) is 0 Å². The van der Waals surface area contributed by atoms with Crippen LogP contribution in [0.2, 0.25) is 0 Å². The van der Waals surface area contributed by atoms with Crippen LogP contribution in [-0.4, -0.2) is 11.7 Å². The number of aliphatic hydroxyl groups is 1. The standard InChI is InChI=1S/C15H24O/c1-11(10-16)13-7-8-14-6-4-5-12(2)15(14,3)9-13/h6,12,16H,4-5,7-10H2,1-3H3/b13-11+/t12-,15+/m0/s1. The Morgan fingerprint density at radius 2 is 2.25 bits per heavy atom. The van der Waals surface area contributed by atoms with Gasteiger partial charge in [0, 0.05) is 0 Å². The maximum absolute atomic E-state index is 9.26. The molecule has 1 N–H and O–H groups in total. The van der Waals surface area contributed by atoms with E-state index in [9.17, 15) is 5.11 Å². The van der Waals surface area contributed by atoms with E-state index >= 15 is 0 Å². The molecule has 1 nitrogen and oxygen atoms in total. The van der Waals surface area contributed by atoms with Crippen LogP contribution < -0.4 is 0 Å². The summed E-state index contributed by atoms with van der Waals surface area (Å²) in [6.45, 7) is 7.14. The fraction of sp³-hybridized carbons (Fsp3) is 0.733. The lowest BCUT2D eigenvalue weighted by Crippen LogP contribution is -2.34. The van der Waals surface area contributed by atoms with Crippen molar-refractivity contribution in [2.75, 3.05) is 6.61 Å². The van der Waals surface area contributed by atoms with Crippen LogP contribution in [0.5, 0.6) is 0 Å². The highest BCUT2D eigenvalue weighted by atomic mass is 16.3. The summed E-state index contributed by atoms with van der Waals surface area (Å²) >= 11 is 0. The molecular weight excluding hydrogens is 196 g/mol. The van der Waals surface area contributed by atoms with E-state index in [1.807, 2.05) is 0 Å². The summed E-state index contributed by atoms with van der Waals surface area (Å²) in [7, 11) is 0. The number of rotatable bonds is 1. The van der Waals surface area contributed by atoms with E-state index in [1.54, 1.807) is 5.57 Å². The van der Waals surface area contributed by atoms with E-state index in [1.165, 1.54) is 43.3 Å². The molecule has 0 aromatic rings. The fourth-order valence-corrected chi connectivity index (χ4v) is 3.34. The summed E-state index contributed by atoms with van der Waals surface area (Å²) < 4.78 is 0. The van der Waals surface area contributed by atoms with Gasteiger partial charge in [0.1, 0.15) is 0 Å². The van der Waals surface area contributed by atoms with Crippen LogP contribution in [0.15, 0.2) is 22.8 Å². The minimum Gasteiger partial charge on any atom is -0.392 e. The zero-order valence-electron chi connectivity index (χ0n) is 10.8. The lowest BCUT2D eigenvalue weighted by atomic mass is 9.59. The van der Waals surface area contributed by atoms with Gasteiger partial charge in [-0.1, -0.05) is 31.1 Å². The molecule has 0 saturated heterocycles. The van der Waals surface area contributed by atoms with Gasteiger partial charge in [-0.3, -0.25) is 0 Å². The number of hydrogen-bond acceptors (Lipinski definition) is 1. The second-order valence-electron chi connectivity index (χ2n) is 5.84. The minimum atomic E-state index is 0.235. The zero-order valence-corrected chi connectivity index (χ0v) is 10.8. The van der Waals surface area contributed by atoms with Gasteiger partial charge in [0.15, 0.2) is 0 Å². The zero-order chi connectivity index (χ0) is 11.8. The molecule has 0 bridgehead atoms. The molecule has 0 aliphatic heterocycles. The summed E-state index contributed by atoms with van der Waals surface area (Å²) in [5.74, 6) is 0.786. The SMILES string of the molecule is C/C(CO)=C1/CCC2=CCC[C@H](C)[C@@]2(C)C1. The highest BCUT2D eigenvalue weighted by Crippen LogP contribution is 2.52. The molecule has 0 unspecified atom stereocenters. The Labute approximate surface area is 99.3 Å². The molecule has 90 valence electrons. The highest BCUT2D eigenvalue weighted by molar-refractivity contribution is 5.30. The minimum absolute atomic E-state index is 0.235. The topological polar surface area (TPSA) is 20.2 Å². The van der Waals surface area contributed by atoms with Crippen molar-refractivity contribution < 1.29 is 5.11 Å². The Morgan fingerprint density at radius 1 is 1.50 bits per heavy atom. The summed E-state index contributed by atoms with van der Waals surface area (Å²) in [5.41, 5.74) is 4.78. The smallest absolute Gasteiger partial charge is 0.0641 e.